The maximum Gasteiger partial charge on any atom is 0.0249 e. The summed E-state index contributed by atoms with van der Waals surface area (Å²) in [6.45, 7) is 6.00. The highest BCUT2D eigenvalue weighted by molar-refractivity contribution is 5.42. The summed E-state index contributed by atoms with van der Waals surface area (Å²) >= 11 is 0. The van der Waals surface area contributed by atoms with Crippen molar-refractivity contribution in [3.63, 3.8) is 0 Å². The molecule has 0 saturated heterocycles. The van der Waals surface area contributed by atoms with E-state index < -0.39 is 0 Å². The Morgan fingerprint density at radius 3 is 1.19 bits per heavy atom. The van der Waals surface area contributed by atoms with Gasteiger partial charge in [0.15, 0.2) is 0 Å². The van der Waals surface area contributed by atoms with E-state index in [1.807, 2.05) is 60.7 Å². The van der Waals surface area contributed by atoms with Gasteiger partial charge in [-0.3, -0.25) is 0 Å². The Kier molecular flexibility index (Phi) is 5.23. The van der Waals surface area contributed by atoms with E-state index in [1.54, 1.807) is 0 Å². The highest BCUT2D eigenvalue weighted by atomic mass is 13.9. The molecular weight excluding hydrogens is 192 g/mol. The quantitative estimate of drug-likeness (QED) is 0.453. The fourth-order valence-electron chi connectivity index (χ4n) is 1.19. The third-order valence-corrected chi connectivity index (χ3v) is 1.90. The number of benzene rings is 2. The lowest BCUT2D eigenvalue weighted by molar-refractivity contribution is 1.62. The molecule has 16 heavy (non-hydrogen) atoms. The van der Waals surface area contributed by atoms with E-state index >= 15 is 0 Å². The Labute approximate surface area is 97.3 Å². The summed E-state index contributed by atoms with van der Waals surface area (Å²) in [6.07, 6.45) is 0. The average Bonchev–Trinajstić information content (AvgIpc) is 2.41. The smallest absolute Gasteiger partial charge is 0.0249 e. The van der Waals surface area contributed by atoms with E-state index in [0.717, 1.165) is 11.1 Å². The van der Waals surface area contributed by atoms with Gasteiger partial charge in [-0.15, -0.1) is 13.2 Å². The van der Waals surface area contributed by atoms with Crippen molar-refractivity contribution in [1.82, 2.24) is 0 Å². The highest BCUT2D eigenvalue weighted by Gasteiger charge is 1.83. The molecule has 0 heteroatoms. The standard InChI is InChI=1S/C14H10.C2H4/c1-3-7-13(8-4-1)11-12-14-9-5-2-6-10-14;1-2/h1-10H;1-2H2. The number of hydrogen-bond donors (Lipinski definition) is 0. The zero-order chi connectivity index (χ0) is 11.6. The molecule has 0 radical (unpaired) electrons. The van der Waals surface area contributed by atoms with Gasteiger partial charge < -0.3 is 0 Å². The normalized spacial score (nSPS) is 8.00. The van der Waals surface area contributed by atoms with Crippen molar-refractivity contribution < 1.29 is 0 Å². The minimum atomic E-state index is 1.05. The molecule has 0 unspecified atom stereocenters. The third kappa shape index (κ3) is 3.86. The topological polar surface area (TPSA) is 0 Å². The van der Waals surface area contributed by atoms with Crippen LogP contribution in [0.1, 0.15) is 11.1 Å². The van der Waals surface area contributed by atoms with Crippen LogP contribution in [0.15, 0.2) is 73.8 Å². The van der Waals surface area contributed by atoms with Crippen molar-refractivity contribution in [2.24, 2.45) is 0 Å². The van der Waals surface area contributed by atoms with E-state index in [2.05, 4.69) is 25.0 Å². The number of hydrogen-bond acceptors (Lipinski definition) is 0. The molecule has 78 valence electrons. The SMILES string of the molecule is C(#Cc1ccccc1)c1ccccc1.C=C. The van der Waals surface area contributed by atoms with Crippen LogP contribution in [-0.2, 0) is 0 Å². The lowest BCUT2D eigenvalue weighted by Gasteiger charge is -1.88. The van der Waals surface area contributed by atoms with Crippen LogP contribution in [0.5, 0.6) is 0 Å². The minimum Gasteiger partial charge on any atom is -0.106 e. The van der Waals surface area contributed by atoms with Crippen molar-refractivity contribution >= 4 is 0 Å². The molecule has 0 aliphatic rings. The molecule has 0 spiro atoms. The molecule has 0 atom stereocenters. The van der Waals surface area contributed by atoms with Crippen molar-refractivity contribution in [3.05, 3.63) is 84.9 Å². The molecule has 2 rings (SSSR count). The van der Waals surface area contributed by atoms with Gasteiger partial charge in [0.2, 0.25) is 0 Å². The van der Waals surface area contributed by atoms with E-state index in [-0.39, 0.29) is 0 Å². The van der Waals surface area contributed by atoms with Gasteiger partial charge in [0, 0.05) is 11.1 Å². The Morgan fingerprint density at radius 1 is 0.562 bits per heavy atom. The van der Waals surface area contributed by atoms with Crippen LogP contribution in [0.4, 0.5) is 0 Å². The van der Waals surface area contributed by atoms with Crippen molar-refractivity contribution in [2.45, 2.75) is 0 Å². The molecule has 0 nitrogen and oxygen atoms in total. The molecular formula is C16H14. The average molecular weight is 206 g/mol. The second kappa shape index (κ2) is 7.09. The van der Waals surface area contributed by atoms with Gasteiger partial charge >= 0.3 is 0 Å². The first-order valence-corrected chi connectivity index (χ1v) is 5.07. The van der Waals surface area contributed by atoms with Gasteiger partial charge in [-0.1, -0.05) is 48.2 Å². The fraction of sp³-hybridized carbons (Fsp3) is 0. The van der Waals surface area contributed by atoms with Crippen molar-refractivity contribution in [3.8, 4) is 11.8 Å². The maximum atomic E-state index is 3.11. The number of rotatable bonds is 0. The highest BCUT2D eigenvalue weighted by Crippen LogP contribution is 1.98. The summed E-state index contributed by atoms with van der Waals surface area (Å²) < 4.78 is 0. The molecule has 0 aliphatic carbocycles. The molecule has 0 bridgehead atoms. The van der Waals surface area contributed by atoms with Gasteiger partial charge in [-0.2, -0.15) is 0 Å². The summed E-state index contributed by atoms with van der Waals surface area (Å²) in [6, 6.07) is 20.0. The summed E-state index contributed by atoms with van der Waals surface area (Å²) in [5.41, 5.74) is 2.10. The lowest BCUT2D eigenvalue weighted by atomic mass is 10.2. The molecule has 0 aliphatic heterocycles. The summed E-state index contributed by atoms with van der Waals surface area (Å²) in [7, 11) is 0. The summed E-state index contributed by atoms with van der Waals surface area (Å²) in [5.74, 6) is 6.22. The first-order chi connectivity index (χ1) is 7.95. The van der Waals surface area contributed by atoms with Crippen LogP contribution < -0.4 is 0 Å². The Bertz CT molecular complexity index is 414. The predicted molar refractivity (Wildman–Crippen MR) is 70.1 cm³/mol. The van der Waals surface area contributed by atoms with E-state index in [0.29, 0.717) is 0 Å². The predicted octanol–water partition coefficient (Wildman–Crippen LogP) is 3.89. The van der Waals surface area contributed by atoms with Crippen LogP contribution in [0.2, 0.25) is 0 Å². The summed E-state index contributed by atoms with van der Waals surface area (Å²) in [5, 5.41) is 0. The van der Waals surface area contributed by atoms with Gasteiger partial charge in [0.05, 0.1) is 0 Å². The fourth-order valence-corrected chi connectivity index (χ4v) is 1.19. The Balaban J connectivity index is 0.000000606. The van der Waals surface area contributed by atoms with E-state index in [4.69, 9.17) is 0 Å². The molecule has 2 aromatic rings. The van der Waals surface area contributed by atoms with E-state index in [9.17, 15) is 0 Å². The summed E-state index contributed by atoms with van der Waals surface area (Å²) in [4.78, 5) is 0. The monoisotopic (exact) mass is 206 g/mol. The van der Waals surface area contributed by atoms with Crippen LogP contribution in [-0.4, -0.2) is 0 Å². The first-order valence-electron chi connectivity index (χ1n) is 5.07. The Morgan fingerprint density at radius 2 is 0.875 bits per heavy atom. The van der Waals surface area contributed by atoms with Gasteiger partial charge in [-0.05, 0) is 24.3 Å². The van der Waals surface area contributed by atoms with Crippen LogP contribution in [0.3, 0.4) is 0 Å². The maximum absolute atomic E-state index is 3.11. The minimum absolute atomic E-state index is 1.05. The zero-order valence-electron chi connectivity index (χ0n) is 9.19. The second-order valence-corrected chi connectivity index (χ2v) is 2.98. The van der Waals surface area contributed by atoms with Crippen LogP contribution >= 0.6 is 0 Å². The van der Waals surface area contributed by atoms with Crippen LogP contribution in [0.25, 0.3) is 0 Å². The lowest BCUT2D eigenvalue weighted by Crippen LogP contribution is -1.73. The van der Waals surface area contributed by atoms with Crippen molar-refractivity contribution in [1.29, 1.82) is 0 Å². The van der Waals surface area contributed by atoms with Gasteiger partial charge in [0.1, 0.15) is 0 Å². The van der Waals surface area contributed by atoms with E-state index in [1.165, 1.54) is 0 Å². The van der Waals surface area contributed by atoms with Crippen molar-refractivity contribution in [2.75, 3.05) is 0 Å². The molecule has 0 aromatic heterocycles. The Hall–Kier alpha value is -2.26. The molecule has 0 saturated carbocycles. The van der Waals surface area contributed by atoms with Crippen LogP contribution in [0, 0.1) is 11.8 Å². The molecule has 0 amide bonds. The molecule has 0 fully saturated rings. The molecule has 2 aromatic carbocycles. The molecule has 0 N–H and O–H groups in total. The first kappa shape index (κ1) is 11.8. The molecule has 0 heterocycles. The zero-order valence-corrected chi connectivity index (χ0v) is 9.19. The van der Waals surface area contributed by atoms with Gasteiger partial charge in [0.25, 0.3) is 0 Å². The second-order valence-electron chi connectivity index (χ2n) is 2.98. The third-order valence-electron chi connectivity index (χ3n) is 1.90. The van der Waals surface area contributed by atoms with Gasteiger partial charge in [-0.25, -0.2) is 0 Å². The largest absolute Gasteiger partial charge is 0.106 e.